The molecule has 5 nitrogen and oxygen atoms in total. The number of carboxylic acids is 1. The second-order valence-electron chi connectivity index (χ2n) is 3.22. The molecule has 0 spiro atoms. The Labute approximate surface area is 92.8 Å². The Hall–Kier alpha value is -2.17. The van der Waals surface area contributed by atoms with E-state index in [1.807, 2.05) is 0 Å². The minimum absolute atomic E-state index is 0.194. The molecule has 1 heterocycles. The molecule has 0 atom stereocenters. The highest BCUT2D eigenvalue weighted by Crippen LogP contribution is 2.11. The molecule has 0 fully saturated rings. The average molecular weight is 220 g/mol. The van der Waals surface area contributed by atoms with Crippen LogP contribution in [0.1, 0.15) is 18.2 Å². The predicted molar refractivity (Wildman–Crippen MR) is 59.9 cm³/mol. The van der Waals surface area contributed by atoms with Gasteiger partial charge in [-0.2, -0.15) is 0 Å². The highest BCUT2D eigenvalue weighted by atomic mass is 16.4. The third-order valence-corrected chi connectivity index (χ3v) is 1.84. The summed E-state index contributed by atoms with van der Waals surface area (Å²) < 4.78 is 0. The molecule has 0 bridgehead atoms. The Morgan fingerprint density at radius 3 is 2.62 bits per heavy atom. The van der Waals surface area contributed by atoms with Crippen molar-refractivity contribution in [2.75, 3.05) is 5.32 Å². The monoisotopic (exact) mass is 220 g/mol. The molecule has 0 aliphatic heterocycles. The molecule has 0 saturated carbocycles. The molecule has 0 radical (unpaired) electrons. The topological polar surface area (TPSA) is 79.3 Å². The lowest BCUT2D eigenvalue weighted by Crippen LogP contribution is -2.08. The molecule has 5 heteroatoms. The van der Waals surface area contributed by atoms with Gasteiger partial charge in [-0.25, -0.2) is 9.78 Å². The predicted octanol–water partition coefficient (Wildman–Crippen LogP) is 1.45. The van der Waals surface area contributed by atoms with Gasteiger partial charge in [0.2, 0.25) is 5.91 Å². The molecule has 1 rings (SSSR count). The van der Waals surface area contributed by atoms with Crippen molar-refractivity contribution in [1.82, 2.24) is 4.98 Å². The normalized spacial score (nSPS) is 10.4. The summed E-state index contributed by atoms with van der Waals surface area (Å²) in [6.07, 6.45) is 2.50. The largest absolute Gasteiger partial charge is 0.478 e. The fourth-order valence-electron chi connectivity index (χ4n) is 1.16. The second kappa shape index (κ2) is 5.06. The number of carbonyl (C=O) groups excluding carboxylic acids is 1. The van der Waals surface area contributed by atoms with Crippen molar-refractivity contribution in [3.63, 3.8) is 0 Å². The number of nitrogens with zero attached hydrogens (tertiary/aromatic N) is 1. The molecule has 1 aromatic rings. The Balaban J connectivity index is 2.91. The number of hydrogen-bond donors (Lipinski definition) is 2. The number of nitrogens with one attached hydrogen (secondary N) is 1. The summed E-state index contributed by atoms with van der Waals surface area (Å²) in [5.74, 6) is -0.747. The lowest BCUT2D eigenvalue weighted by Gasteiger charge is -2.04. The van der Waals surface area contributed by atoms with Gasteiger partial charge in [-0.1, -0.05) is 0 Å². The lowest BCUT2D eigenvalue weighted by atomic mass is 10.2. The first kappa shape index (κ1) is 11.9. The number of carboxylic acid groups (broad SMARTS) is 1. The Morgan fingerprint density at radius 1 is 1.44 bits per heavy atom. The van der Waals surface area contributed by atoms with Crippen LogP contribution < -0.4 is 5.32 Å². The molecule has 1 aromatic heterocycles. The molecule has 0 aromatic carbocycles. The van der Waals surface area contributed by atoms with E-state index in [-0.39, 0.29) is 5.91 Å². The first-order valence-electron chi connectivity index (χ1n) is 4.65. The highest BCUT2D eigenvalue weighted by molar-refractivity contribution is 5.88. The summed E-state index contributed by atoms with van der Waals surface area (Å²) in [4.78, 5) is 25.2. The minimum Gasteiger partial charge on any atom is -0.478 e. The zero-order valence-corrected chi connectivity index (χ0v) is 9.02. The number of anilines is 1. The van der Waals surface area contributed by atoms with Gasteiger partial charge in [0, 0.05) is 18.7 Å². The number of aliphatic carboxylic acids is 1. The number of rotatable bonds is 3. The standard InChI is InChI=1S/C11H12N2O3/c1-7-9(4-6-11(15)16)3-5-10(12-7)13-8(2)14/h3-6H,1-2H3,(H,15,16)(H,12,13,14). The third kappa shape index (κ3) is 3.53. The Kier molecular flexibility index (Phi) is 3.77. The number of amides is 1. The van der Waals surface area contributed by atoms with Gasteiger partial charge in [0.15, 0.2) is 0 Å². The van der Waals surface area contributed by atoms with Gasteiger partial charge in [0.25, 0.3) is 0 Å². The summed E-state index contributed by atoms with van der Waals surface area (Å²) in [5.41, 5.74) is 1.36. The number of hydrogen-bond acceptors (Lipinski definition) is 3. The van der Waals surface area contributed by atoms with Crippen LogP contribution in [0.2, 0.25) is 0 Å². The van der Waals surface area contributed by atoms with Crippen LogP contribution in [-0.2, 0) is 9.59 Å². The van der Waals surface area contributed by atoms with E-state index >= 15 is 0 Å². The number of carbonyl (C=O) groups is 2. The zero-order valence-electron chi connectivity index (χ0n) is 9.02. The molecular formula is C11H12N2O3. The third-order valence-electron chi connectivity index (χ3n) is 1.84. The average Bonchev–Trinajstić information content (AvgIpc) is 2.15. The van der Waals surface area contributed by atoms with Crippen molar-refractivity contribution in [3.05, 3.63) is 29.5 Å². The van der Waals surface area contributed by atoms with Crippen molar-refractivity contribution in [1.29, 1.82) is 0 Å². The molecular weight excluding hydrogens is 208 g/mol. The van der Waals surface area contributed by atoms with Crippen molar-refractivity contribution in [2.24, 2.45) is 0 Å². The number of aromatic nitrogens is 1. The van der Waals surface area contributed by atoms with Crippen LogP contribution in [0.25, 0.3) is 6.08 Å². The summed E-state index contributed by atoms with van der Waals surface area (Å²) >= 11 is 0. The minimum atomic E-state index is -1.01. The van der Waals surface area contributed by atoms with Crippen molar-refractivity contribution in [3.8, 4) is 0 Å². The van der Waals surface area contributed by atoms with Gasteiger partial charge in [0.1, 0.15) is 5.82 Å². The zero-order chi connectivity index (χ0) is 12.1. The van der Waals surface area contributed by atoms with Gasteiger partial charge in [-0.15, -0.1) is 0 Å². The van der Waals surface area contributed by atoms with Crippen LogP contribution in [0.3, 0.4) is 0 Å². The van der Waals surface area contributed by atoms with Crippen LogP contribution in [0.4, 0.5) is 5.82 Å². The summed E-state index contributed by atoms with van der Waals surface area (Å²) in [6.45, 7) is 3.14. The van der Waals surface area contributed by atoms with E-state index in [0.717, 1.165) is 6.08 Å². The molecule has 0 aliphatic rings. The maximum Gasteiger partial charge on any atom is 0.328 e. The van der Waals surface area contributed by atoms with Crippen LogP contribution in [0.15, 0.2) is 18.2 Å². The van der Waals surface area contributed by atoms with Gasteiger partial charge in [-0.3, -0.25) is 4.79 Å². The smallest absolute Gasteiger partial charge is 0.328 e. The van der Waals surface area contributed by atoms with Gasteiger partial charge in [-0.05, 0) is 30.7 Å². The van der Waals surface area contributed by atoms with E-state index in [1.54, 1.807) is 19.1 Å². The van der Waals surface area contributed by atoms with Crippen LogP contribution in [0, 0.1) is 6.92 Å². The van der Waals surface area contributed by atoms with Crippen LogP contribution in [-0.4, -0.2) is 22.0 Å². The van der Waals surface area contributed by atoms with E-state index < -0.39 is 5.97 Å². The van der Waals surface area contributed by atoms with E-state index in [0.29, 0.717) is 17.1 Å². The summed E-state index contributed by atoms with van der Waals surface area (Å²) in [6, 6.07) is 3.32. The highest BCUT2D eigenvalue weighted by Gasteiger charge is 2.01. The van der Waals surface area contributed by atoms with E-state index in [4.69, 9.17) is 5.11 Å². The Bertz CT molecular complexity index is 453. The fraction of sp³-hybridized carbons (Fsp3) is 0.182. The lowest BCUT2D eigenvalue weighted by molar-refractivity contribution is -0.131. The number of pyridine rings is 1. The molecule has 1 amide bonds. The van der Waals surface area contributed by atoms with Crippen molar-refractivity contribution >= 4 is 23.8 Å². The van der Waals surface area contributed by atoms with Gasteiger partial charge < -0.3 is 10.4 Å². The summed E-state index contributed by atoms with van der Waals surface area (Å²) in [7, 11) is 0. The van der Waals surface area contributed by atoms with E-state index in [1.165, 1.54) is 13.0 Å². The van der Waals surface area contributed by atoms with Crippen molar-refractivity contribution < 1.29 is 14.7 Å². The van der Waals surface area contributed by atoms with E-state index in [9.17, 15) is 9.59 Å². The maximum atomic E-state index is 10.8. The first-order chi connectivity index (χ1) is 7.49. The number of aryl methyl sites for hydroxylation is 1. The van der Waals surface area contributed by atoms with E-state index in [2.05, 4.69) is 10.3 Å². The quantitative estimate of drug-likeness (QED) is 0.755. The first-order valence-corrected chi connectivity index (χ1v) is 4.65. The second-order valence-corrected chi connectivity index (χ2v) is 3.22. The maximum absolute atomic E-state index is 10.8. The van der Waals surface area contributed by atoms with Gasteiger partial charge >= 0.3 is 5.97 Å². The molecule has 84 valence electrons. The van der Waals surface area contributed by atoms with Crippen LogP contribution in [0.5, 0.6) is 0 Å². The molecule has 0 saturated heterocycles. The SMILES string of the molecule is CC(=O)Nc1ccc(C=CC(=O)O)c(C)n1. The summed E-state index contributed by atoms with van der Waals surface area (Å²) in [5, 5.41) is 11.0. The fourth-order valence-corrected chi connectivity index (χ4v) is 1.16. The van der Waals surface area contributed by atoms with Crippen LogP contribution >= 0.6 is 0 Å². The molecule has 16 heavy (non-hydrogen) atoms. The van der Waals surface area contributed by atoms with Gasteiger partial charge in [0.05, 0.1) is 0 Å². The molecule has 2 N–H and O–H groups in total. The molecule has 0 unspecified atom stereocenters. The van der Waals surface area contributed by atoms with Crippen molar-refractivity contribution in [2.45, 2.75) is 13.8 Å². The Morgan fingerprint density at radius 2 is 2.12 bits per heavy atom. The molecule has 0 aliphatic carbocycles.